The maximum Gasteiger partial charge on any atom is 0.573 e. The second-order valence-corrected chi connectivity index (χ2v) is 5.57. The molecule has 0 aliphatic carbocycles. The number of benzene rings is 2. The van der Waals surface area contributed by atoms with Crippen LogP contribution < -0.4 is 14.6 Å². The first-order valence-corrected chi connectivity index (χ1v) is 7.57. The summed E-state index contributed by atoms with van der Waals surface area (Å²) in [5, 5.41) is 10.1. The maximum atomic E-state index is 12.7. The third-order valence-corrected chi connectivity index (χ3v) is 3.26. The van der Waals surface area contributed by atoms with Crippen molar-refractivity contribution >= 4 is 5.69 Å². The van der Waals surface area contributed by atoms with E-state index in [4.69, 9.17) is 4.84 Å². The Labute approximate surface area is 150 Å². The number of aryl methyl sites for hydroxylation is 1. The quantitative estimate of drug-likeness (QED) is 0.573. The molecule has 0 saturated carbocycles. The average Bonchev–Trinajstić information content (AvgIpc) is 2.52. The largest absolute Gasteiger partial charge is 0.573 e. The van der Waals surface area contributed by atoms with E-state index >= 15 is 0 Å². The Morgan fingerprint density at radius 2 is 1.59 bits per heavy atom. The lowest BCUT2D eigenvalue weighted by molar-refractivity contribution is -0.274. The lowest BCUT2D eigenvalue weighted by Gasteiger charge is -2.28. The summed E-state index contributed by atoms with van der Waals surface area (Å²) in [6, 6.07) is 10.5. The van der Waals surface area contributed by atoms with Gasteiger partial charge in [-0.05, 0) is 36.8 Å². The Kier molecular flexibility index (Phi) is 6.09. The van der Waals surface area contributed by atoms with Crippen molar-refractivity contribution in [3.8, 4) is 11.5 Å². The zero-order valence-electron chi connectivity index (χ0n) is 13.9. The number of hydrogen-bond acceptors (Lipinski definition) is 4. The predicted octanol–water partition coefficient (Wildman–Crippen LogP) is 4.62. The minimum atomic E-state index is -4.93. The van der Waals surface area contributed by atoms with Gasteiger partial charge in [0, 0.05) is 6.07 Å². The van der Waals surface area contributed by atoms with Gasteiger partial charge in [0.05, 0.1) is 12.2 Å². The number of alkyl halides is 6. The zero-order valence-corrected chi connectivity index (χ0v) is 13.9. The van der Waals surface area contributed by atoms with Crippen LogP contribution in [0.5, 0.6) is 11.5 Å². The normalized spacial score (nSPS) is 13.2. The molecule has 0 amide bonds. The first kappa shape index (κ1) is 20.7. The molecule has 1 atom stereocenters. The molecule has 0 radical (unpaired) electrons. The molecule has 2 aromatic carbocycles. The molecule has 1 N–H and O–H groups in total. The monoisotopic (exact) mass is 395 g/mol. The van der Waals surface area contributed by atoms with Gasteiger partial charge in [-0.3, -0.25) is 0 Å². The summed E-state index contributed by atoms with van der Waals surface area (Å²) < 4.78 is 78.9. The van der Waals surface area contributed by atoms with Crippen molar-refractivity contribution in [1.82, 2.24) is 0 Å². The lowest BCUT2D eigenvalue weighted by Crippen LogP contribution is -2.42. The van der Waals surface area contributed by atoms with Crippen LogP contribution in [0.25, 0.3) is 0 Å². The first-order valence-electron chi connectivity index (χ1n) is 7.57. The van der Waals surface area contributed by atoms with E-state index < -0.39 is 30.9 Å². The molecule has 0 spiro atoms. The van der Waals surface area contributed by atoms with Crippen LogP contribution in [-0.2, 0) is 0 Å². The van der Waals surface area contributed by atoms with E-state index in [0.29, 0.717) is 5.56 Å². The van der Waals surface area contributed by atoms with Crippen LogP contribution in [0.15, 0.2) is 48.5 Å². The van der Waals surface area contributed by atoms with Crippen LogP contribution >= 0.6 is 0 Å². The fraction of sp³-hybridized carbons (Fsp3) is 0.294. The van der Waals surface area contributed by atoms with Gasteiger partial charge >= 0.3 is 12.5 Å². The number of halogens is 6. The Morgan fingerprint density at radius 1 is 0.963 bits per heavy atom. The number of hydrogen-bond donors (Lipinski definition) is 1. The molecule has 2 aromatic rings. The summed E-state index contributed by atoms with van der Waals surface area (Å²) in [5.41, 5.74) is 0.886. The van der Waals surface area contributed by atoms with Crippen molar-refractivity contribution in [3.63, 3.8) is 0 Å². The van der Waals surface area contributed by atoms with E-state index in [1.807, 2.05) is 0 Å². The second-order valence-electron chi connectivity index (χ2n) is 5.57. The molecule has 4 nitrogen and oxygen atoms in total. The van der Waals surface area contributed by atoms with E-state index in [-0.39, 0.29) is 11.4 Å². The van der Waals surface area contributed by atoms with Crippen LogP contribution in [0.2, 0.25) is 0 Å². The third kappa shape index (κ3) is 6.55. The summed E-state index contributed by atoms with van der Waals surface area (Å²) in [6.07, 6.45) is -12.6. The van der Waals surface area contributed by atoms with Gasteiger partial charge in [-0.2, -0.15) is 13.2 Å². The summed E-state index contributed by atoms with van der Waals surface area (Å²) in [4.78, 5) is 5.30. The number of ether oxygens (including phenoxy) is 1. The Bertz CT molecular complexity index is 763. The molecular weight excluding hydrogens is 380 g/mol. The highest BCUT2D eigenvalue weighted by molar-refractivity contribution is 5.47. The van der Waals surface area contributed by atoms with Gasteiger partial charge < -0.3 is 14.7 Å². The van der Waals surface area contributed by atoms with E-state index in [9.17, 15) is 31.4 Å². The topological polar surface area (TPSA) is 41.9 Å². The number of anilines is 1. The minimum Gasteiger partial charge on any atom is -0.406 e. The molecule has 10 heteroatoms. The smallest absolute Gasteiger partial charge is 0.406 e. The average molecular weight is 395 g/mol. The molecule has 0 aromatic heterocycles. The Morgan fingerprint density at radius 3 is 2.19 bits per heavy atom. The number of rotatable bonds is 6. The second kappa shape index (κ2) is 7.95. The van der Waals surface area contributed by atoms with Crippen LogP contribution in [0.4, 0.5) is 32.0 Å². The van der Waals surface area contributed by atoms with Crippen LogP contribution in [0, 0.1) is 6.92 Å². The van der Waals surface area contributed by atoms with Crippen LogP contribution in [-0.4, -0.2) is 30.3 Å². The Hall–Kier alpha value is -2.62. The van der Waals surface area contributed by atoms with Crippen molar-refractivity contribution in [1.29, 1.82) is 0 Å². The van der Waals surface area contributed by atoms with Gasteiger partial charge in [0.1, 0.15) is 5.75 Å². The van der Waals surface area contributed by atoms with E-state index in [2.05, 4.69) is 4.74 Å². The summed E-state index contributed by atoms with van der Waals surface area (Å²) in [6.45, 7) is 0.705. The summed E-state index contributed by atoms with van der Waals surface area (Å²) in [5.74, 6) is -0.798. The van der Waals surface area contributed by atoms with Crippen molar-refractivity contribution in [2.45, 2.75) is 25.6 Å². The molecule has 2 rings (SSSR count). The number of aliphatic hydroxyl groups excluding tert-OH is 1. The third-order valence-electron chi connectivity index (χ3n) is 3.26. The summed E-state index contributed by atoms with van der Waals surface area (Å²) in [7, 11) is 0. The minimum absolute atomic E-state index is 0.181. The molecule has 0 saturated heterocycles. The standard InChI is InChI=1S/C17H15F6NO3/c1-11-4-2-5-12(8-11)24(10-15(25)16(18,19)20)27-14-7-3-6-13(9-14)26-17(21,22)23/h2-9,15,25H,10H2,1H3/t15-/m1/s1. The number of aliphatic hydroxyl groups is 1. The number of nitrogens with zero attached hydrogens (tertiary/aromatic N) is 1. The lowest BCUT2D eigenvalue weighted by atomic mass is 10.2. The molecule has 0 bridgehead atoms. The van der Waals surface area contributed by atoms with Crippen LogP contribution in [0.3, 0.4) is 0 Å². The van der Waals surface area contributed by atoms with E-state index in [0.717, 1.165) is 17.2 Å². The molecule has 0 aliphatic rings. The predicted molar refractivity (Wildman–Crippen MR) is 84.3 cm³/mol. The van der Waals surface area contributed by atoms with Gasteiger partial charge in [0.2, 0.25) is 0 Å². The van der Waals surface area contributed by atoms with E-state index in [1.54, 1.807) is 19.1 Å². The zero-order chi connectivity index (χ0) is 20.2. The molecule has 0 unspecified atom stereocenters. The number of hydroxylamine groups is 1. The van der Waals surface area contributed by atoms with Gasteiger partial charge in [0.25, 0.3) is 0 Å². The van der Waals surface area contributed by atoms with E-state index in [1.165, 1.54) is 24.3 Å². The van der Waals surface area contributed by atoms with Gasteiger partial charge in [0.15, 0.2) is 11.9 Å². The fourth-order valence-electron chi connectivity index (χ4n) is 2.09. The fourth-order valence-corrected chi connectivity index (χ4v) is 2.09. The van der Waals surface area contributed by atoms with Crippen molar-refractivity contribution in [2.75, 3.05) is 11.6 Å². The SMILES string of the molecule is Cc1cccc(N(C[C@@H](O)C(F)(F)F)Oc2cccc(OC(F)(F)F)c2)c1. The van der Waals surface area contributed by atoms with Crippen molar-refractivity contribution in [3.05, 3.63) is 54.1 Å². The molecule has 27 heavy (non-hydrogen) atoms. The Balaban J connectivity index is 2.28. The highest BCUT2D eigenvalue weighted by Gasteiger charge is 2.40. The molecule has 148 valence electrons. The first-order chi connectivity index (χ1) is 12.4. The van der Waals surface area contributed by atoms with Crippen LogP contribution in [0.1, 0.15) is 5.56 Å². The molecule has 0 fully saturated rings. The molecule has 0 heterocycles. The van der Waals surface area contributed by atoms with Crippen molar-refractivity contribution in [2.24, 2.45) is 0 Å². The summed E-state index contributed by atoms with van der Waals surface area (Å²) >= 11 is 0. The highest BCUT2D eigenvalue weighted by atomic mass is 19.4. The molecular formula is C17H15F6NO3. The van der Waals surface area contributed by atoms with Gasteiger partial charge in [-0.25, -0.2) is 5.06 Å². The molecule has 0 aliphatic heterocycles. The van der Waals surface area contributed by atoms with Crippen molar-refractivity contribution < 1.29 is 41.0 Å². The highest BCUT2D eigenvalue weighted by Crippen LogP contribution is 2.29. The van der Waals surface area contributed by atoms with Gasteiger partial charge in [-0.1, -0.05) is 18.2 Å². The van der Waals surface area contributed by atoms with Gasteiger partial charge in [-0.15, -0.1) is 13.2 Å². The maximum absolute atomic E-state index is 12.7.